The van der Waals surface area contributed by atoms with Crippen molar-refractivity contribution in [3.05, 3.63) is 59.7 Å². The predicted molar refractivity (Wildman–Crippen MR) is 79.8 cm³/mol. The Bertz CT molecular complexity index is 649. The van der Waals surface area contributed by atoms with Crippen LogP contribution in [0.5, 0.6) is 5.75 Å². The first-order chi connectivity index (χ1) is 9.81. The van der Waals surface area contributed by atoms with E-state index in [1.807, 2.05) is 42.5 Å². The van der Waals surface area contributed by atoms with Gasteiger partial charge in [0.2, 0.25) is 5.90 Å². The third kappa shape index (κ3) is 2.27. The molecule has 0 aromatic heterocycles. The van der Waals surface area contributed by atoms with E-state index in [0.717, 1.165) is 29.0 Å². The summed E-state index contributed by atoms with van der Waals surface area (Å²) in [4.78, 5) is 4.63. The van der Waals surface area contributed by atoms with E-state index in [4.69, 9.17) is 9.47 Å². The molecular formula is C17H17NO2. The molecule has 3 rings (SSSR count). The average molecular weight is 267 g/mol. The van der Waals surface area contributed by atoms with Crippen molar-refractivity contribution in [2.24, 2.45) is 4.99 Å². The Morgan fingerprint density at radius 1 is 1.15 bits per heavy atom. The number of ether oxygens (including phenoxy) is 2. The Morgan fingerprint density at radius 2 is 2.00 bits per heavy atom. The summed E-state index contributed by atoms with van der Waals surface area (Å²) in [6.45, 7) is 2.12. The molecule has 0 spiro atoms. The minimum atomic E-state index is 0.0601. The van der Waals surface area contributed by atoms with Gasteiger partial charge < -0.3 is 9.47 Å². The summed E-state index contributed by atoms with van der Waals surface area (Å²) < 4.78 is 11.3. The van der Waals surface area contributed by atoms with E-state index in [1.54, 1.807) is 7.11 Å². The van der Waals surface area contributed by atoms with Crippen LogP contribution in [0.4, 0.5) is 5.69 Å². The Labute approximate surface area is 118 Å². The molecule has 3 heteroatoms. The van der Waals surface area contributed by atoms with Gasteiger partial charge in [-0.05, 0) is 30.7 Å². The lowest BCUT2D eigenvalue weighted by molar-refractivity contribution is 0.184. The van der Waals surface area contributed by atoms with Crippen LogP contribution < -0.4 is 4.74 Å². The maximum absolute atomic E-state index is 6.04. The van der Waals surface area contributed by atoms with Crippen LogP contribution in [-0.4, -0.2) is 13.0 Å². The van der Waals surface area contributed by atoms with Crippen LogP contribution >= 0.6 is 0 Å². The fourth-order valence-corrected chi connectivity index (χ4v) is 2.39. The van der Waals surface area contributed by atoms with E-state index in [9.17, 15) is 0 Å². The van der Waals surface area contributed by atoms with Crippen LogP contribution in [-0.2, 0) is 4.74 Å². The number of nitrogens with zero attached hydrogens (tertiary/aromatic N) is 1. The van der Waals surface area contributed by atoms with Crippen molar-refractivity contribution < 1.29 is 9.47 Å². The Morgan fingerprint density at radius 3 is 2.80 bits per heavy atom. The largest absolute Gasteiger partial charge is 0.497 e. The molecule has 1 atom stereocenters. The number of para-hydroxylation sites is 1. The average Bonchev–Trinajstić information content (AvgIpc) is 2.53. The van der Waals surface area contributed by atoms with Crippen molar-refractivity contribution >= 4 is 11.6 Å². The number of aliphatic imine (C=N–C) groups is 1. The van der Waals surface area contributed by atoms with Crippen LogP contribution in [0.3, 0.4) is 0 Å². The van der Waals surface area contributed by atoms with Crippen molar-refractivity contribution in [2.45, 2.75) is 19.4 Å². The predicted octanol–water partition coefficient (Wildman–Crippen LogP) is 4.25. The molecule has 0 fully saturated rings. The summed E-state index contributed by atoms with van der Waals surface area (Å²) in [7, 11) is 1.66. The van der Waals surface area contributed by atoms with Gasteiger partial charge in [0, 0.05) is 11.1 Å². The maximum atomic E-state index is 6.04. The molecule has 0 radical (unpaired) electrons. The first-order valence-corrected chi connectivity index (χ1v) is 6.80. The molecular weight excluding hydrogens is 250 g/mol. The molecule has 0 amide bonds. The molecule has 1 aliphatic heterocycles. The zero-order valence-corrected chi connectivity index (χ0v) is 11.7. The van der Waals surface area contributed by atoms with Crippen molar-refractivity contribution in [1.29, 1.82) is 0 Å². The van der Waals surface area contributed by atoms with Gasteiger partial charge in [0.15, 0.2) is 0 Å². The highest BCUT2D eigenvalue weighted by Gasteiger charge is 2.23. The molecule has 0 N–H and O–H groups in total. The second-order valence-corrected chi connectivity index (χ2v) is 4.72. The molecule has 1 heterocycles. The molecule has 0 saturated heterocycles. The highest BCUT2D eigenvalue weighted by molar-refractivity contribution is 5.97. The van der Waals surface area contributed by atoms with E-state index in [1.165, 1.54) is 0 Å². The molecule has 2 aromatic rings. The highest BCUT2D eigenvalue weighted by atomic mass is 16.5. The summed E-state index contributed by atoms with van der Waals surface area (Å²) in [6.07, 6.45) is 0.977. The SMILES string of the molecule is CC[C@@H]1OC(c2cccc(OC)c2)=Nc2ccccc21. The van der Waals surface area contributed by atoms with Crippen LogP contribution in [0.1, 0.15) is 30.6 Å². The molecule has 0 aliphatic carbocycles. The summed E-state index contributed by atoms with van der Waals surface area (Å²) in [5, 5.41) is 0. The van der Waals surface area contributed by atoms with E-state index >= 15 is 0 Å². The molecule has 0 bridgehead atoms. The van der Waals surface area contributed by atoms with Crippen LogP contribution in [0.15, 0.2) is 53.5 Å². The Balaban J connectivity index is 2.04. The quantitative estimate of drug-likeness (QED) is 0.832. The molecule has 1 aliphatic rings. The maximum Gasteiger partial charge on any atom is 0.222 e. The number of fused-ring (bicyclic) bond motifs is 1. The van der Waals surface area contributed by atoms with Gasteiger partial charge in [-0.15, -0.1) is 0 Å². The van der Waals surface area contributed by atoms with Crippen molar-refractivity contribution in [3.8, 4) is 5.75 Å². The van der Waals surface area contributed by atoms with Crippen LogP contribution in [0.2, 0.25) is 0 Å². The van der Waals surface area contributed by atoms with Gasteiger partial charge in [-0.2, -0.15) is 0 Å². The number of rotatable bonds is 3. The second-order valence-electron chi connectivity index (χ2n) is 4.72. The van der Waals surface area contributed by atoms with E-state index in [2.05, 4.69) is 18.0 Å². The topological polar surface area (TPSA) is 30.8 Å². The van der Waals surface area contributed by atoms with Gasteiger partial charge in [-0.1, -0.05) is 31.2 Å². The first kappa shape index (κ1) is 12.7. The van der Waals surface area contributed by atoms with Gasteiger partial charge in [-0.25, -0.2) is 4.99 Å². The van der Waals surface area contributed by atoms with Crippen LogP contribution in [0.25, 0.3) is 0 Å². The number of methoxy groups -OCH3 is 1. The molecule has 3 nitrogen and oxygen atoms in total. The summed E-state index contributed by atoms with van der Waals surface area (Å²) in [5.74, 6) is 1.47. The first-order valence-electron chi connectivity index (χ1n) is 6.80. The Hall–Kier alpha value is -2.29. The zero-order valence-electron chi connectivity index (χ0n) is 11.7. The highest BCUT2D eigenvalue weighted by Crippen LogP contribution is 2.35. The fraction of sp³-hybridized carbons (Fsp3) is 0.235. The molecule has 0 unspecified atom stereocenters. The summed E-state index contributed by atoms with van der Waals surface area (Å²) in [5.41, 5.74) is 3.09. The second kappa shape index (κ2) is 5.37. The lowest BCUT2D eigenvalue weighted by Crippen LogP contribution is -2.16. The van der Waals surface area contributed by atoms with Crippen LogP contribution in [0, 0.1) is 0 Å². The third-order valence-electron chi connectivity index (χ3n) is 3.45. The van der Waals surface area contributed by atoms with Gasteiger partial charge in [0.05, 0.1) is 12.8 Å². The van der Waals surface area contributed by atoms with Gasteiger partial charge in [0.25, 0.3) is 0 Å². The van der Waals surface area contributed by atoms with Crippen molar-refractivity contribution in [1.82, 2.24) is 0 Å². The number of hydrogen-bond donors (Lipinski definition) is 0. The van der Waals surface area contributed by atoms with E-state index in [-0.39, 0.29) is 6.10 Å². The minimum Gasteiger partial charge on any atom is -0.497 e. The zero-order chi connectivity index (χ0) is 13.9. The van der Waals surface area contributed by atoms with Crippen molar-refractivity contribution in [2.75, 3.05) is 7.11 Å². The minimum absolute atomic E-state index is 0.0601. The smallest absolute Gasteiger partial charge is 0.222 e. The third-order valence-corrected chi connectivity index (χ3v) is 3.45. The number of benzene rings is 2. The van der Waals surface area contributed by atoms with Gasteiger partial charge in [-0.3, -0.25) is 0 Å². The molecule has 20 heavy (non-hydrogen) atoms. The van der Waals surface area contributed by atoms with E-state index in [0.29, 0.717) is 5.90 Å². The fourth-order valence-electron chi connectivity index (χ4n) is 2.39. The molecule has 102 valence electrons. The lowest BCUT2D eigenvalue weighted by Gasteiger charge is -2.25. The normalized spacial score (nSPS) is 16.9. The van der Waals surface area contributed by atoms with Gasteiger partial charge in [0.1, 0.15) is 11.9 Å². The van der Waals surface area contributed by atoms with Crippen molar-refractivity contribution in [3.63, 3.8) is 0 Å². The molecule has 2 aromatic carbocycles. The summed E-state index contributed by atoms with van der Waals surface area (Å²) in [6, 6.07) is 15.9. The summed E-state index contributed by atoms with van der Waals surface area (Å²) >= 11 is 0. The monoisotopic (exact) mass is 267 g/mol. The number of hydrogen-bond acceptors (Lipinski definition) is 3. The van der Waals surface area contributed by atoms with E-state index < -0.39 is 0 Å². The Kier molecular flexibility index (Phi) is 3.42. The van der Waals surface area contributed by atoms with Gasteiger partial charge >= 0.3 is 0 Å². The standard InChI is InChI=1S/C17H17NO2/c1-3-16-14-9-4-5-10-15(14)18-17(20-16)12-7-6-8-13(11-12)19-2/h4-11,16H,3H2,1-2H3/t16-/m0/s1. The lowest BCUT2D eigenvalue weighted by atomic mass is 10.0. The molecule has 0 saturated carbocycles.